The van der Waals surface area contributed by atoms with Crippen LogP contribution in [0, 0.1) is 0 Å². The molecule has 8 nitrogen and oxygen atoms in total. The minimum Gasteiger partial charge on any atom is -0.344 e. The number of nitrogens with zero attached hydrogens (tertiary/aromatic N) is 4. The molecule has 25 heavy (non-hydrogen) atoms. The van der Waals surface area contributed by atoms with E-state index in [4.69, 9.17) is 0 Å². The van der Waals surface area contributed by atoms with Crippen molar-refractivity contribution < 1.29 is 4.79 Å². The van der Waals surface area contributed by atoms with Crippen molar-refractivity contribution in [2.45, 2.75) is 25.3 Å². The fourth-order valence-corrected chi connectivity index (χ4v) is 3.08. The molecule has 0 radical (unpaired) electrons. The summed E-state index contributed by atoms with van der Waals surface area (Å²) in [5.41, 5.74) is 1.90. The summed E-state index contributed by atoms with van der Waals surface area (Å²) in [6.07, 6.45) is 8.58. The number of carbonyl (C=O) groups excluding carboxylic acids is 1. The van der Waals surface area contributed by atoms with Gasteiger partial charge in [0, 0.05) is 18.0 Å². The topological polar surface area (TPSA) is 106 Å². The van der Waals surface area contributed by atoms with E-state index in [0.29, 0.717) is 0 Å². The van der Waals surface area contributed by atoms with E-state index in [0.717, 1.165) is 42.5 Å². The number of nitrogens with one attached hydrogen (secondary N) is 2. The van der Waals surface area contributed by atoms with E-state index >= 15 is 0 Å². The van der Waals surface area contributed by atoms with Crippen LogP contribution in [0.3, 0.4) is 0 Å². The average Bonchev–Trinajstić information content (AvgIpc) is 3.08. The second-order valence-electron chi connectivity index (χ2n) is 5.86. The van der Waals surface area contributed by atoms with Gasteiger partial charge in [0.15, 0.2) is 5.82 Å². The largest absolute Gasteiger partial charge is 0.344 e. The molecule has 0 fully saturated rings. The van der Waals surface area contributed by atoms with E-state index in [1.807, 2.05) is 22.9 Å². The first-order chi connectivity index (χ1) is 12.2. The zero-order chi connectivity index (χ0) is 17.2. The minimum absolute atomic E-state index is 0.137. The molecule has 126 valence electrons. The van der Waals surface area contributed by atoms with E-state index in [-0.39, 0.29) is 23.2 Å². The van der Waals surface area contributed by atoms with Gasteiger partial charge in [0.2, 0.25) is 0 Å². The van der Waals surface area contributed by atoms with Gasteiger partial charge in [-0.05, 0) is 31.4 Å². The molecule has 8 heteroatoms. The Kier molecular flexibility index (Phi) is 3.85. The van der Waals surface area contributed by atoms with Crippen LogP contribution < -0.4 is 10.9 Å². The van der Waals surface area contributed by atoms with E-state index in [2.05, 4.69) is 25.4 Å². The van der Waals surface area contributed by atoms with E-state index in [1.54, 1.807) is 12.4 Å². The summed E-state index contributed by atoms with van der Waals surface area (Å²) in [6, 6.07) is 5.54. The summed E-state index contributed by atoms with van der Waals surface area (Å²) in [4.78, 5) is 34.1. The molecule has 3 heterocycles. The Labute approximate surface area is 143 Å². The Balaban J connectivity index is 1.60. The molecule has 3 aromatic heterocycles. The third-order valence-corrected chi connectivity index (χ3v) is 4.26. The molecule has 0 aromatic carbocycles. The van der Waals surface area contributed by atoms with Gasteiger partial charge in [0.05, 0.1) is 24.1 Å². The van der Waals surface area contributed by atoms with Crippen LogP contribution in [0.1, 0.15) is 40.6 Å². The molecular formula is C17H16N6O2. The molecule has 4 rings (SSSR count). The van der Waals surface area contributed by atoms with Crippen LogP contribution in [0.2, 0.25) is 0 Å². The number of fused-ring (bicyclic) bond motifs is 1. The third-order valence-electron chi connectivity index (χ3n) is 4.26. The van der Waals surface area contributed by atoms with Crippen LogP contribution in [0.25, 0.3) is 5.82 Å². The summed E-state index contributed by atoms with van der Waals surface area (Å²) < 4.78 is 1.83. The Hall–Kier alpha value is -3.29. The van der Waals surface area contributed by atoms with Crippen molar-refractivity contribution in [3.63, 3.8) is 0 Å². The summed E-state index contributed by atoms with van der Waals surface area (Å²) in [5.74, 6) is 0.442. The van der Waals surface area contributed by atoms with Gasteiger partial charge in [-0.3, -0.25) is 9.59 Å². The number of amides is 1. The van der Waals surface area contributed by atoms with Gasteiger partial charge < -0.3 is 10.3 Å². The zero-order valence-electron chi connectivity index (χ0n) is 13.3. The highest BCUT2D eigenvalue weighted by Crippen LogP contribution is 2.30. The highest BCUT2D eigenvalue weighted by molar-refractivity contribution is 5.92. The van der Waals surface area contributed by atoms with Crippen molar-refractivity contribution in [3.8, 4) is 5.82 Å². The first kappa shape index (κ1) is 15.3. The third kappa shape index (κ3) is 2.93. The number of hydrogen-bond donors (Lipinski definition) is 2. The molecule has 0 saturated heterocycles. The molecule has 0 aliphatic heterocycles. The van der Waals surface area contributed by atoms with Gasteiger partial charge in [0.1, 0.15) is 5.69 Å². The lowest BCUT2D eigenvalue weighted by Crippen LogP contribution is -2.32. The molecule has 0 bridgehead atoms. The van der Waals surface area contributed by atoms with Crippen LogP contribution in [0.4, 0.5) is 0 Å². The highest BCUT2D eigenvalue weighted by atomic mass is 16.2. The number of hydrogen-bond acceptors (Lipinski definition) is 5. The van der Waals surface area contributed by atoms with Gasteiger partial charge in [-0.15, -0.1) is 0 Å². The van der Waals surface area contributed by atoms with Crippen LogP contribution in [-0.2, 0) is 6.42 Å². The molecule has 1 amide bonds. The standard InChI is InChI=1S/C17H16N6O2/c24-16-10-19-13(9-20-16)17(25)22-12-4-3-5-14-11(12)8-21-23(14)15-6-1-2-7-18-15/h1-2,6-10,12H,3-5H2,(H,20,24)(H,22,25)/t12-/m1/s1. The van der Waals surface area contributed by atoms with Gasteiger partial charge in [-0.2, -0.15) is 5.10 Å². The fraction of sp³-hybridized carbons (Fsp3) is 0.235. The molecule has 1 atom stereocenters. The first-order valence-corrected chi connectivity index (χ1v) is 8.06. The molecule has 3 aromatic rings. The Bertz CT molecular complexity index is 942. The van der Waals surface area contributed by atoms with Crippen molar-refractivity contribution in [3.05, 3.63) is 70.3 Å². The van der Waals surface area contributed by atoms with Gasteiger partial charge in [-0.25, -0.2) is 14.6 Å². The average molecular weight is 336 g/mol. The number of H-pyrrole nitrogens is 1. The summed E-state index contributed by atoms with van der Waals surface area (Å²) >= 11 is 0. The summed E-state index contributed by atoms with van der Waals surface area (Å²) in [5, 5.41) is 7.43. The van der Waals surface area contributed by atoms with Crippen molar-refractivity contribution in [1.29, 1.82) is 0 Å². The monoisotopic (exact) mass is 336 g/mol. The SMILES string of the molecule is O=C(N[C@@H]1CCCc2c1cnn2-c1ccccn1)c1c[nH]c(=O)cn1. The normalized spacial score (nSPS) is 16.2. The van der Waals surface area contributed by atoms with Crippen molar-refractivity contribution >= 4 is 5.91 Å². The number of rotatable bonds is 3. The minimum atomic E-state index is -0.340. The lowest BCUT2D eigenvalue weighted by atomic mass is 9.93. The smallest absolute Gasteiger partial charge is 0.271 e. The quantitative estimate of drug-likeness (QED) is 0.746. The maximum absolute atomic E-state index is 12.4. The molecule has 0 saturated carbocycles. The fourth-order valence-electron chi connectivity index (χ4n) is 3.08. The first-order valence-electron chi connectivity index (χ1n) is 8.06. The Morgan fingerprint density at radius 1 is 1.28 bits per heavy atom. The van der Waals surface area contributed by atoms with Gasteiger partial charge >= 0.3 is 0 Å². The second kappa shape index (κ2) is 6.31. The predicted molar refractivity (Wildman–Crippen MR) is 89.4 cm³/mol. The predicted octanol–water partition coefficient (Wildman–Crippen LogP) is 1.16. The zero-order valence-corrected chi connectivity index (χ0v) is 13.3. The number of aromatic amines is 1. The molecule has 2 N–H and O–H groups in total. The molecule has 0 unspecified atom stereocenters. The van der Waals surface area contributed by atoms with Crippen molar-refractivity contribution in [2.75, 3.05) is 0 Å². The van der Waals surface area contributed by atoms with Crippen molar-refractivity contribution in [2.24, 2.45) is 0 Å². The summed E-state index contributed by atoms with van der Waals surface area (Å²) in [7, 11) is 0. The van der Waals surface area contributed by atoms with Gasteiger partial charge in [-0.1, -0.05) is 6.07 Å². The highest BCUT2D eigenvalue weighted by Gasteiger charge is 2.26. The van der Waals surface area contributed by atoms with E-state index in [9.17, 15) is 9.59 Å². The number of pyridine rings is 1. The second-order valence-corrected chi connectivity index (χ2v) is 5.86. The maximum atomic E-state index is 12.4. The van der Waals surface area contributed by atoms with Crippen molar-refractivity contribution in [1.82, 2.24) is 30.0 Å². The van der Waals surface area contributed by atoms with Crippen LogP contribution in [0.15, 0.2) is 47.8 Å². The van der Waals surface area contributed by atoms with Crippen LogP contribution in [-0.4, -0.2) is 30.6 Å². The number of carbonyl (C=O) groups is 1. The maximum Gasteiger partial charge on any atom is 0.271 e. The molecular weight excluding hydrogens is 320 g/mol. The van der Waals surface area contributed by atoms with Crippen LogP contribution in [0.5, 0.6) is 0 Å². The van der Waals surface area contributed by atoms with Gasteiger partial charge in [0.25, 0.3) is 11.5 Å². The molecule has 0 spiro atoms. The van der Waals surface area contributed by atoms with Crippen LogP contribution >= 0.6 is 0 Å². The van der Waals surface area contributed by atoms with E-state index in [1.165, 1.54) is 6.20 Å². The molecule has 1 aliphatic carbocycles. The van der Waals surface area contributed by atoms with E-state index < -0.39 is 0 Å². The lowest BCUT2D eigenvalue weighted by Gasteiger charge is -2.23. The Morgan fingerprint density at radius 2 is 2.20 bits per heavy atom. The number of aromatic nitrogens is 5. The summed E-state index contributed by atoms with van der Waals surface area (Å²) in [6.45, 7) is 0. The molecule has 1 aliphatic rings. The Morgan fingerprint density at radius 3 is 2.96 bits per heavy atom. The lowest BCUT2D eigenvalue weighted by molar-refractivity contribution is 0.0927.